The molecule has 9 heteroatoms. The largest absolute Gasteiger partial charge is 0.445 e. The topological polar surface area (TPSA) is 86.8 Å². The number of rotatable bonds is 6. The maximum Gasteiger partial charge on any atom is 0.410 e. The molecule has 3 heterocycles. The molecule has 0 spiro atoms. The highest BCUT2D eigenvalue weighted by molar-refractivity contribution is 9.10. The predicted octanol–water partition coefficient (Wildman–Crippen LogP) is 2.15. The van der Waals surface area contributed by atoms with E-state index in [2.05, 4.69) is 43.0 Å². The van der Waals surface area contributed by atoms with Crippen LogP contribution in [0.5, 0.6) is 0 Å². The first-order valence-electron chi connectivity index (χ1n) is 10.4. The average molecular weight is 478 g/mol. The molecule has 162 valence electrons. The van der Waals surface area contributed by atoms with Gasteiger partial charge in [-0.05, 0) is 47.3 Å². The summed E-state index contributed by atoms with van der Waals surface area (Å²) >= 11 is 3.36. The van der Waals surface area contributed by atoms with Crippen molar-refractivity contribution in [2.75, 3.05) is 44.6 Å². The van der Waals surface area contributed by atoms with E-state index < -0.39 is 0 Å². The Morgan fingerprint density at radius 1 is 1.37 bits per heavy atom. The van der Waals surface area contributed by atoms with E-state index in [-0.39, 0.29) is 30.1 Å². The Kier molecular flexibility index (Phi) is 6.13. The number of hydrogen-bond acceptors (Lipinski definition) is 6. The Morgan fingerprint density at radius 2 is 2.13 bits per heavy atom. The minimum atomic E-state index is -0.271. The van der Waals surface area contributed by atoms with Crippen molar-refractivity contribution in [2.24, 2.45) is 5.41 Å². The van der Waals surface area contributed by atoms with Gasteiger partial charge in [0.25, 0.3) is 0 Å². The molecule has 2 aliphatic heterocycles. The van der Waals surface area contributed by atoms with Crippen LogP contribution in [-0.2, 0) is 9.53 Å². The summed E-state index contributed by atoms with van der Waals surface area (Å²) in [6, 6.07) is 3.99. The highest BCUT2D eigenvalue weighted by Crippen LogP contribution is 2.55. The summed E-state index contributed by atoms with van der Waals surface area (Å²) < 4.78 is 5.82. The van der Waals surface area contributed by atoms with Gasteiger partial charge in [0.2, 0.25) is 5.91 Å². The number of nitrogens with zero attached hydrogens (tertiary/aromatic N) is 3. The number of nitrogens with one attached hydrogen (secondary N) is 2. The molecule has 8 nitrogen and oxygen atoms in total. The van der Waals surface area contributed by atoms with Crippen LogP contribution in [0.4, 0.5) is 10.6 Å². The van der Waals surface area contributed by atoms with Gasteiger partial charge in [-0.3, -0.25) is 9.69 Å². The van der Waals surface area contributed by atoms with Crippen LogP contribution in [-0.4, -0.2) is 78.2 Å². The number of halogens is 1. The molecule has 3 fully saturated rings. The van der Waals surface area contributed by atoms with Crippen molar-refractivity contribution < 1.29 is 14.3 Å². The minimum absolute atomic E-state index is 0.0231. The van der Waals surface area contributed by atoms with Gasteiger partial charge in [-0.1, -0.05) is 18.7 Å². The van der Waals surface area contributed by atoms with Gasteiger partial charge in [-0.15, -0.1) is 0 Å². The summed E-state index contributed by atoms with van der Waals surface area (Å²) in [5.41, 5.74) is 1.10. The van der Waals surface area contributed by atoms with Crippen molar-refractivity contribution in [1.29, 1.82) is 0 Å². The number of carbonyl (C=O) groups is 2. The van der Waals surface area contributed by atoms with E-state index in [9.17, 15) is 9.59 Å². The molecule has 1 saturated carbocycles. The van der Waals surface area contributed by atoms with Crippen LogP contribution in [0.1, 0.15) is 18.4 Å². The van der Waals surface area contributed by atoms with Crippen LogP contribution in [0.2, 0.25) is 0 Å². The van der Waals surface area contributed by atoms with Gasteiger partial charge in [0.1, 0.15) is 17.0 Å². The molecule has 30 heavy (non-hydrogen) atoms. The normalized spacial score (nSPS) is 28.0. The third-order valence-electron chi connectivity index (χ3n) is 6.32. The van der Waals surface area contributed by atoms with Crippen LogP contribution < -0.4 is 10.6 Å². The quantitative estimate of drug-likeness (QED) is 0.482. The van der Waals surface area contributed by atoms with Gasteiger partial charge in [0, 0.05) is 44.2 Å². The number of aryl methyl sites for hydroxylation is 1. The number of ether oxygens (including phenoxy) is 1. The lowest BCUT2D eigenvalue weighted by Gasteiger charge is -2.35. The van der Waals surface area contributed by atoms with Gasteiger partial charge in [-0.2, -0.15) is 0 Å². The monoisotopic (exact) mass is 477 g/mol. The second kappa shape index (κ2) is 8.64. The van der Waals surface area contributed by atoms with Crippen molar-refractivity contribution in [1.82, 2.24) is 20.1 Å². The van der Waals surface area contributed by atoms with Crippen molar-refractivity contribution in [3.8, 4) is 0 Å². The highest BCUT2D eigenvalue weighted by atomic mass is 79.9. The van der Waals surface area contributed by atoms with Gasteiger partial charge in [0.05, 0.1) is 6.04 Å². The molecular weight excluding hydrogens is 450 g/mol. The Balaban J connectivity index is 1.26. The Labute approximate surface area is 185 Å². The molecule has 0 aromatic carbocycles. The molecule has 2 N–H and O–H groups in total. The number of pyridine rings is 1. The van der Waals surface area contributed by atoms with E-state index in [4.69, 9.17) is 4.74 Å². The number of amides is 2. The standard InChI is InChI=1S/C21H28BrN5O3/c1-3-10-30-20(29)27-8-6-26(7-9-27)13-21-11-15(23-16(21)12-21)19(28)25-18-14(2)4-5-17(22)24-18/h3-5,15-16,23H,1,6-13H2,2H3,(H,24,25,28)/t15-,16?,21?/m0/s1. The molecule has 2 amide bonds. The van der Waals surface area contributed by atoms with E-state index in [1.807, 2.05) is 19.1 Å². The maximum absolute atomic E-state index is 12.8. The van der Waals surface area contributed by atoms with Crippen LogP contribution in [0.25, 0.3) is 0 Å². The zero-order chi connectivity index (χ0) is 21.3. The SMILES string of the molecule is C=CCOC(=O)N1CCN(CC23CC2N[C@H](C(=O)Nc2nc(Br)ccc2C)C3)CC1. The molecule has 1 aromatic rings. The van der Waals surface area contributed by atoms with Crippen LogP contribution in [0.15, 0.2) is 29.4 Å². The number of fused-ring (bicyclic) bond motifs is 1. The summed E-state index contributed by atoms with van der Waals surface area (Å²) in [7, 11) is 0. The van der Waals surface area contributed by atoms with Crippen LogP contribution in [0, 0.1) is 12.3 Å². The van der Waals surface area contributed by atoms with E-state index in [0.717, 1.165) is 38.0 Å². The highest BCUT2D eigenvalue weighted by Gasteiger charge is 2.61. The molecule has 4 rings (SSSR count). The van der Waals surface area contributed by atoms with Crippen LogP contribution in [0.3, 0.4) is 0 Å². The molecule has 3 atom stereocenters. The maximum atomic E-state index is 12.8. The van der Waals surface area contributed by atoms with Gasteiger partial charge < -0.3 is 20.3 Å². The van der Waals surface area contributed by atoms with E-state index in [1.165, 1.54) is 0 Å². The Hall–Kier alpha value is -1.97. The van der Waals surface area contributed by atoms with Gasteiger partial charge >= 0.3 is 6.09 Å². The Bertz CT molecular complexity index is 842. The fourth-order valence-electron chi connectivity index (χ4n) is 4.52. The smallest absolute Gasteiger partial charge is 0.410 e. The van der Waals surface area contributed by atoms with E-state index in [0.29, 0.717) is 29.6 Å². The van der Waals surface area contributed by atoms with E-state index in [1.54, 1.807) is 11.0 Å². The number of hydrogen-bond donors (Lipinski definition) is 2. The first kappa shape index (κ1) is 21.3. The molecular formula is C21H28BrN5O3. The number of piperidine rings is 1. The van der Waals surface area contributed by atoms with Crippen LogP contribution >= 0.6 is 15.9 Å². The summed E-state index contributed by atoms with van der Waals surface area (Å²) in [6.07, 6.45) is 3.24. The second-order valence-electron chi connectivity index (χ2n) is 8.46. The van der Waals surface area contributed by atoms with Gasteiger partial charge in [0.15, 0.2) is 0 Å². The first-order valence-corrected chi connectivity index (χ1v) is 11.1. The van der Waals surface area contributed by atoms with E-state index >= 15 is 0 Å². The van der Waals surface area contributed by atoms with Gasteiger partial charge in [-0.25, -0.2) is 9.78 Å². The predicted molar refractivity (Wildman–Crippen MR) is 117 cm³/mol. The van der Waals surface area contributed by atoms with Crippen molar-refractivity contribution in [2.45, 2.75) is 31.8 Å². The average Bonchev–Trinajstić information content (AvgIpc) is 3.27. The lowest BCUT2D eigenvalue weighted by molar-refractivity contribution is -0.118. The fraction of sp³-hybridized carbons (Fsp3) is 0.571. The lowest BCUT2D eigenvalue weighted by Crippen LogP contribution is -2.50. The van der Waals surface area contributed by atoms with Crippen molar-refractivity contribution >= 4 is 33.7 Å². The summed E-state index contributed by atoms with van der Waals surface area (Å²) in [5, 5.41) is 6.46. The first-order chi connectivity index (χ1) is 14.4. The Morgan fingerprint density at radius 3 is 2.87 bits per heavy atom. The lowest BCUT2D eigenvalue weighted by atomic mass is 9.98. The molecule has 3 aliphatic rings. The molecule has 0 bridgehead atoms. The molecule has 1 aliphatic carbocycles. The zero-order valence-electron chi connectivity index (χ0n) is 17.2. The number of anilines is 1. The number of carbonyl (C=O) groups excluding carboxylic acids is 2. The summed E-state index contributed by atoms with van der Waals surface area (Å²) in [5.74, 6) is 0.579. The zero-order valence-corrected chi connectivity index (χ0v) is 18.8. The summed E-state index contributed by atoms with van der Waals surface area (Å²) in [6.45, 7) is 9.69. The molecule has 2 saturated heterocycles. The van der Waals surface area contributed by atoms with Crippen molar-refractivity contribution in [3.05, 3.63) is 35.0 Å². The molecule has 0 radical (unpaired) electrons. The number of piperazine rings is 1. The second-order valence-corrected chi connectivity index (χ2v) is 9.27. The third-order valence-corrected chi connectivity index (χ3v) is 6.76. The van der Waals surface area contributed by atoms with Crippen molar-refractivity contribution in [3.63, 3.8) is 0 Å². The molecule has 1 aromatic heterocycles. The fourth-order valence-corrected chi connectivity index (χ4v) is 4.83. The molecule has 2 unspecified atom stereocenters. The third kappa shape index (κ3) is 4.53. The number of aromatic nitrogens is 1. The minimum Gasteiger partial charge on any atom is -0.445 e. The summed E-state index contributed by atoms with van der Waals surface area (Å²) in [4.78, 5) is 33.3.